The second-order valence-corrected chi connectivity index (χ2v) is 3.80. The molecule has 0 aliphatic carbocycles. The zero-order valence-electron chi connectivity index (χ0n) is 10.9. The van der Waals surface area contributed by atoms with Crippen molar-refractivity contribution in [3.05, 3.63) is 0 Å². The van der Waals surface area contributed by atoms with Crippen LogP contribution in [0.1, 0.15) is 13.8 Å². The summed E-state index contributed by atoms with van der Waals surface area (Å²) in [4.78, 5) is 13.9. The van der Waals surface area contributed by atoms with Crippen molar-refractivity contribution in [1.29, 1.82) is 0 Å². The van der Waals surface area contributed by atoms with Gasteiger partial charge < -0.3 is 19.7 Å². The molecule has 100 valence electrons. The molecule has 0 atom stereocenters. The number of nitrogens with zero attached hydrogens (tertiary/aromatic N) is 4. The van der Waals surface area contributed by atoms with Crippen molar-refractivity contribution in [3.8, 4) is 12.0 Å². The molecule has 0 aliphatic rings. The molecule has 1 heterocycles. The van der Waals surface area contributed by atoms with Crippen LogP contribution in [0.5, 0.6) is 12.0 Å². The predicted molar refractivity (Wildman–Crippen MR) is 72.1 cm³/mol. The van der Waals surface area contributed by atoms with Crippen molar-refractivity contribution < 1.29 is 9.47 Å². The summed E-state index contributed by atoms with van der Waals surface area (Å²) in [5.41, 5.74) is 0. The first-order valence-electron chi connectivity index (χ1n) is 5.56. The molecule has 0 saturated carbocycles. The minimum absolute atomic E-state index is 0.208. The van der Waals surface area contributed by atoms with Gasteiger partial charge in [0.25, 0.3) is 0 Å². The summed E-state index contributed by atoms with van der Waals surface area (Å²) in [7, 11) is 3.65. The third-order valence-electron chi connectivity index (χ3n) is 1.77. The lowest BCUT2D eigenvalue weighted by Gasteiger charge is -2.14. The minimum Gasteiger partial charge on any atom is -0.464 e. The van der Waals surface area contributed by atoms with Crippen molar-refractivity contribution in [1.82, 2.24) is 19.9 Å². The molecular formula is C10H17N5O2S. The number of anilines is 1. The van der Waals surface area contributed by atoms with Crippen molar-refractivity contribution in [2.24, 2.45) is 0 Å². The Balaban J connectivity index is 2.91. The molecule has 7 nitrogen and oxygen atoms in total. The number of hydrogen-bond donors (Lipinski definition) is 1. The van der Waals surface area contributed by atoms with Crippen LogP contribution >= 0.6 is 12.2 Å². The first-order valence-corrected chi connectivity index (χ1v) is 5.97. The minimum atomic E-state index is 0.208. The first kappa shape index (κ1) is 14.4. The SMILES string of the molecule is CCOc1nc(NC(=S)N(C)C)nc(OCC)n1. The smallest absolute Gasteiger partial charge is 0.324 e. The molecule has 1 aromatic rings. The van der Waals surface area contributed by atoms with Gasteiger partial charge in [-0.2, -0.15) is 9.97 Å². The number of nitrogens with one attached hydrogen (secondary N) is 1. The van der Waals surface area contributed by atoms with Gasteiger partial charge in [-0.25, -0.2) is 0 Å². The highest BCUT2D eigenvalue weighted by Gasteiger charge is 2.10. The van der Waals surface area contributed by atoms with Crippen molar-refractivity contribution >= 4 is 23.3 Å². The zero-order valence-corrected chi connectivity index (χ0v) is 11.7. The van der Waals surface area contributed by atoms with Crippen LogP contribution in [0, 0.1) is 0 Å². The molecule has 0 radical (unpaired) electrons. The molecule has 0 aromatic carbocycles. The lowest BCUT2D eigenvalue weighted by atomic mass is 10.8. The van der Waals surface area contributed by atoms with Gasteiger partial charge in [0.05, 0.1) is 13.2 Å². The Bertz CT molecular complexity index is 389. The van der Waals surface area contributed by atoms with Crippen LogP contribution in [0.2, 0.25) is 0 Å². The zero-order chi connectivity index (χ0) is 13.5. The van der Waals surface area contributed by atoms with Gasteiger partial charge in [0.2, 0.25) is 5.95 Å². The van der Waals surface area contributed by atoms with Gasteiger partial charge >= 0.3 is 12.0 Å². The van der Waals surface area contributed by atoms with Gasteiger partial charge in [-0.1, -0.05) is 0 Å². The average Bonchev–Trinajstić information content (AvgIpc) is 2.29. The molecule has 0 amide bonds. The van der Waals surface area contributed by atoms with E-state index in [2.05, 4.69) is 20.3 Å². The maximum absolute atomic E-state index is 5.24. The molecule has 0 aliphatic heterocycles. The lowest BCUT2D eigenvalue weighted by molar-refractivity contribution is 0.280. The summed E-state index contributed by atoms with van der Waals surface area (Å²) in [6.45, 7) is 4.63. The molecule has 0 unspecified atom stereocenters. The average molecular weight is 271 g/mol. The first-order chi connectivity index (χ1) is 8.56. The number of ether oxygens (including phenoxy) is 2. The highest BCUT2D eigenvalue weighted by Crippen LogP contribution is 2.13. The molecule has 18 heavy (non-hydrogen) atoms. The van der Waals surface area contributed by atoms with Gasteiger partial charge in [-0.3, -0.25) is 0 Å². The third kappa shape index (κ3) is 4.28. The molecule has 0 fully saturated rings. The maximum atomic E-state index is 5.24. The second kappa shape index (κ2) is 6.90. The number of thiocarbonyl (C=S) groups is 1. The van der Waals surface area contributed by atoms with E-state index in [1.807, 2.05) is 27.9 Å². The Hall–Kier alpha value is -1.70. The normalized spacial score (nSPS) is 9.78. The monoisotopic (exact) mass is 271 g/mol. The summed E-state index contributed by atoms with van der Waals surface area (Å²) >= 11 is 5.11. The quantitative estimate of drug-likeness (QED) is 0.793. The highest BCUT2D eigenvalue weighted by atomic mass is 32.1. The Morgan fingerprint density at radius 2 is 1.61 bits per heavy atom. The van der Waals surface area contributed by atoms with Crippen LogP contribution in [-0.4, -0.2) is 52.3 Å². The molecule has 0 spiro atoms. The fourth-order valence-electron chi connectivity index (χ4n) is 0.989. The van der Waals surface area contributed by atoms with Crippen LogP contribution in [-0.2, 0) is 0 Å². The fraction of sp³-hybridized carbons (Fsp3) is 0.600. The molecular weight excluding hydrogens is 254 g/mol. The van der Waals surface area contributed by atoms with Gasteiger partial charge in [-0.05, 0) is 26.1 Å². The standard InChI is InChI=1S/C10H17N5O2S/c1-5-16-8-11-7(13-10(18)15(3)4)12-9(14-8)17-6-2/h5-6H2,1-4H3,(H,11,12,13,14,18). The lowest BCUT2D eigenvalue weighted by Crippen LogP contribution is -2.28. The van der Waals surface area contributed by atoms with E-state index in [1.165, 1.54) is 0 Å². The third-order valence-corrected chi connectivity index (χ3v) is 2.23. The molecule has 8 heteroatoms. The van der Waals surface area contributed by atoms with Crippen LogP contribution in [0.4, 0.5) is 5.95 Å². The van der Waals surface area contributed by atoms with Crippen LogP contribution in [0.15, 0.2) is 0 Å². The number of aromatic nitrogens is 3. The van der Waals surface area contributed by atoms with E-state index in [0.29, 0.717) is 24.3 Å². The summed E-state index contributed by atoms with van der Waals surface area (Å²) in [6.07, 6.45) is 0. The summed E-state index contributed by atoms with van der Waals surface area (Å²) in [6, 6.07) is 0.417. The van der Waals surface area contributed by atoms with E-state index in [1.54, 1.807) is 4.90 Å². The Labute approximate surface area is 112 Å². The summed E-state index contributed by atoms with van der Waals surface area (Å²) in [5.74, 6) is 0.301. The molecule has 1 N–H and O–H groups in total. The maximum Gasteiger partial charge on any atom is 0.324 e. The Morgan fingerprint density at radius 3 is 2.00 bits per heavy atom. The molecule has 0 bridgehead atoms. The Kier molecular flexibility index (Phi) is 5.50. The van der Waals surface area contributed by atoms with E-state index in [0.717, 1.165) is 0 Å². The molecule has 1 rings (SSSR count). The van der Waals surface area contributed by atoms with Gasteiger partial charge in [0, 0.05) is 14.1 Å². The van der Waals surface area contributed by atoms with Crippen LogP contribution in [0.3, 0.4) is 0 Å². The predicted octanol–water partition coefficient (Wildman–Crippen LogP) is 0.927. The van der Waals surface area contributed by atoms with Gasteiger partial charge in [0.15, 0.2) is 5.11 Å². The number of hydrogen-bond acceptors (Lipinski definition) is 6. The largest absolute Gasteiger partial charge is 0.464 e. The molecule has 0 saturated heterocycles. The second-order valence-electron chi connectivity index (χ2n) is 3.41. The van der Waals surface area contributed by atoms with E-state index in [-0.39, 0.29) is 12.0 Å². The summed E-state index contributed by atoms with van der Waals surface area (Å²) in [5, 5.41) is 3.37. The number of rotatable bonds is 5. The molecule has 1 aromatic heterocycles. The Morgan fingerprint density at radius 1 is 1.11 bits per heavy atom. The van der Waals surface area contributed by atoms with E-state index >= 15 is 0 Å². The van der Waals surface area contributed by atoms with E-state index < -0.39 is 0 Å². The van der Waals surface area contributed by atoms with Crippen molar-refractivity contribution in [2.75, 3.05) is 32.6 Å². The van der Waals surface area contributed by atoms with Gasteiger partial charge in [0.1, 0.15) is 0 Å². The summed E-state index contributed by atoms with van der Waals surface area (Å²) < 4.78 is 10.5. The fourth-order valence-corrected chi connectivity index (χ4v) is 1.08. The van der Waals surface area contributed by atoms with E-state index in [4.69, 9.17) is 21.7 Å². The topological polar surface area (TPSA) is 72.4 Å². The van der Waals surface area contributed by atoms with Crippen molar-refractivity contribution in [2.45, 2.75) is 13.8 Å². The van der Waals surface area contributed by atoms with Crippen LogP contribution < -0.4 is 14.8 Å². The van der Waals surface area contributed by atoms with Crippen molar-refractivity contribution in [3.63, 3.8) is 0 Å². The van der Waals surface area contributed by atoms with Crippen LogP contribution in [0.25, 0.3) is 0 Å². The van der Waals surface area contributed by atoms with E-state index in [9.17, 15) is 0 Å². The highest BCUT2D eigenvalue weighted by molar-refractivity contribution is 7.80. The van der Waals surface area contributed by atoms with Gasteiger partial charge in [-0.15, -0.1) is 4.98 Å².